The van der Waals surface area contributed by atoms with E-state index in [2.05, 4.69) is 26.1 Å². The van der Waals surface area contributed by atoms with Gasteiger partial charge in [0.2, 0.25) is 0 Å². The minimum atomic E-state index is -0.547. The Bertz CT molecular complexity index is 174. The van der Waals surface area contributed by atoms with Gasteiger partial charge in [0, 0.05) is 6.54 Å². The van der Waals surface area contributed by atoms with Gasteiger partial charge < -0.3 is 5.32 Å². The number of hydrogen-bond acceptors (Lipinski definition) is 2. The Morgan fingerprint density at radius 3 is 2.45 bits per heavy atom. The number of rotatable bonds is 2. The van der Waals surface area contributed by atoms with Gasteiger partial charge in [-0.25, -0.2) is 0 Å². The summed E-state index contributed by atoms with van der Waals surface area (Å²) in [6, 6.07) is 1.50. The Kier molecular flexibility index (Phi) is 3.59. The molecule has 0 heterocycles. The molecular weight excluding hydrogens is 140 g/mol. The van der Waals surface area contributed by atoms with Crippen molar-refractivity contribution in [2.45, 2.75) is 27.2 Å². The van der Waals surface area contributed by atoms with Gasteiger partial charge in [-0.3, -0.25) is 4.79 Å². The number of nitriles is 1. The topological polar surface area (TPSA) is 52.9 Å². The molecule has 0 spiro atoms. The predicted molar refractivity (Wildman–Crippen MR) is 42.7 cm³/mol. The molecule has 0 fully saturated rings. The molecule has 0 aromatic heterocycles. The molecule has 3 heteroatoms. The van der Waals surface area contributed by atoms with Gasteiger partial charge in [0.25, 0.3) is 0 Å². The van der Waals surface area contributed by atoms with Gasteiger partial charge in [-0.05, 0) is 11.8 Å². The highest BCUT2D eigenvalue weighted by Gasteiger charge is 2.09. The van der Waals surface area contributed by atoms with Crippen molar-refractivity contribution in [3.8, 4) is 6.07 Å². The molecule has 0 radical (unpaired) electrons. The molecule has 0 rings (SSSR count). The van der Waals surface area contributed by atoms with Gasteiger partial charge in [0.05, 0.1) is 0 Å². The summed E-state index contributed by atoms with van der Waals surface area (Å²) < 4.78 is 0. The third kappa shape index (κ3) is 6.85. The van der Waals surface area contributed by atoms with Crippen molar-refractivity contribution in [1.82, 2.24) is 5.32 Å². The molecule has 62 valence electrons. The van der Waals surface area contributed by atoms with E-state index in [1.165, 1.54) is 6.07 Å². The third-order valence-electron chi connectivity index (χ3n) is 1.26. The van der Waals surface area contributed by atoms with E-state index in [0.717, 1.165) is 6.42 Å². The lowest BCUT2D eigenvalue weighted by Gasteiger charge is -2.17. The fraction of sp³-hybridized carbons (Fsp3) is 0.750. The molecule has 0 saturated heterocycles. The van der Waals surface area contributed by atoms with Crippen molar-refractivity contribution in [1.29, 1.82) is 5.26 Å². The Hall–Kier alpha value is -1.04. The summed E-state index contributed by atoms with van der Waals surface area (Å²) in [5, 5.41) is 10.6. The van der Waals surface area contributed by atoms with Crippen molar-refractivity contribution in [3.05, 3.63) is 0 Å². The Morgan fingerprint density at radius 2 is 2.09 bits per heavy atom. The van der Waals surface area contributed by atoms with Crippen molar-refractivity contribution < 1.29 is 4.79 Å². The fourth-order valence-electron chi connectivity index (χ4n) is 0.591. The number of nitrogens with zero attached hydrogens (tertiary/aromatic N) is 1. The van der Waals surface area contributed by atoms with Crippen LogP contribution in [0.2, 0.25) is 0 Å². The Balaban J connectivity index is 3.45. The van der Waals surface area contributed by atoms with Crippen molar-refractivity contribution >= 4 is 5.91 Å². The zero-order valence-corrected chi connectivity index (χ0v) is 7.27. The molecule has 0 aromatic carbocycles. The number of hydrogen-bond donors (Lipinski definition) is 1. The van der Waals surface area contributed by atoms with Crippen LogP contribution in [0.15, 0.2) is 0 Å². The molecule has 11 heavy (non-hydrogen) atoms. The first-order valence-electron chi connectivity index (χ1n) is 3.63. The zero-order chi connectivity index (χ0) is 8.91. The molecule has 0 aromatic rings. The molecule has 0 unspecified atom stereocenters. The Labute approximate surface area is 67.4 Å². The summed E-state index contributed by atoms with van der Waals surface area (Å²) in [5.74, 6) is -0.547. The molecule has 1 N–H and O–H groups in total. The van der Waals surface area contributed by atoms with Gasteiger partial charge in [0.15, 0.2) is 6.07 Å². The first-order chi connectivity index (χ1) is 4.95. The number of amides is 1. The highest BCUT2D eigenvalue weighted by Crippen LogP contribution is 2.16. The second-order valence-electron chi connectivity index (χ2n) is 3.68. The molecule has 0 atom stereocenters. The van der Waals surface area contributed by atoms with Gasteiger partial charge in [-0.15, -0.1) is 0 Å². The number of nitrogens with one attached hydrogen (secondary N) is 1. The van der Waals surface area contributed by atoms with Crippen LogP contribution in [0, 0.1) is 16.7 Å². The smallest absolute Gasteiger partial charge is 0.322 e. The van der Waals surface area contributed by atoms with Crippen LogP contribution in [-0.2, 0) is 4.79 Å². The highest BCUT2D eigenvalue weighted by atomic mass is 16.1. The average Bonchev–Trinajstić information content (AvgIpc) is 1.85. The normalized spacial score (nSPS) is 10.4. The maximum Gasteiger partial charge on any atom is 0.322 e. The molecule has 0 saturated carbocycles. The predicted octanol–water partition coefficient (Wildman–Crippen LogP) is 1.06. The van der Waals surface area contributed by atoms with Crippen molar-refractivity contribution in [3.63, 3.8) is 0 Å². The molecule has 0 aliphatic heterocycles. The summed E-state index contributed by atoms with van der Waals surface area (Å²) in [4.78, 5) is 10.4. The minimum Gasteiger partial charge on any atom is -0.344 e. The largest absolute Gasteiger partial charge is 0.344 e. The fourth-order valence-corrected chi connectivity index (χ4v) is 0.591. The van der Waals surface area contributed by atoms with E-state index >= 15 is 0 Å². The summed E-state index contributed by atoms with van der Waals surface area (Å²) >= 11 is 0. The van der Waals surface area contributed by atoms with E-state index in [1.54, 1.807) is 0 Å². The summed E-state index contributed by atoms with van der Waals surface area (Å²) in [7, 11) is 0. The molecular formula is C8H14N2O. The van der Waals surface area contributed by atoms with Crippen LogP contribution >= 0.6 is 0 Å². The van der Waals surface area contributed by atoms with E-state index in [-0.39, 0.29) is 5.41 Å². The summed E-state index contributed by atoms with van der Waals surface area (Å²) in [6.45, 7) is 6.85. The summed E-state index contributed by atoms with van der Waals surface area (Å²) in [6.07, 6.45) is 0.889. The second kappa shape index (κ2) is 3.97. The molecule has 1 amide bonds. The van der Waals surface area contributed by atoms with Crippen LogP contribution in [0.25, 0.3) is 0 Å². The van der Waals surface area contributed by atoms with Crippen LogP contribution in [0.3, 0.4) is 0 Å². The van der Waals surface area contributed by atoms with Gasteiger partial charge in [-0.2, -0.15) is 5.26 Å². The lowest BCUT2D eigenvalue weighted by atomic mass is 9.92. The molecule has 0 aliphatic rings. The number of carbonyl (C=O) groups is 1. The van der Waals surface area contributed by atoms with E-state index < -0.39 is 5.91 Å². The van der Waals surface area contributed by atoms with E-state index in [4.69, 9.17) is 5.26 Å². The van der Waals surface area contributed by atoms with Crippen LogP contribution in [0.4, 0.5) is 0 Å². The van der Waals surface area contributed by atoms with E-state index in [9.17, 15) is 4.79 Å². The Morgan fingerprint density at radius 1 is 1.55 bits per heavy atom. The molecule has 0 aliphatic carbocycles. The maximum absolute atomic E-state index is 10.4. The van der Waals surface area contributed by atoms with Crippen molar-refractivity contribution in [2.75, 3.05) is 6.54 Å². The minimum absolute atomic E-state index is 0.211. The average molecular weight is 154 g/mol. The molecule has 0 bridgehead atoms. The first-order valence-corrected chi connectivity index (χ1v) is 3.63. The third-order valence-corrected chi connectivity index (χ3v) is 1.26. The SMILES string of the molecule is CC(C)(C)CCNC(=O)C#N. The van der Waals surface area contributed by atoms with E-state index in [1.807, 2.05) is 0 Å². The van der Waals surface area contributed by atoms with Crippen LogP contribution in [-0.4, -0.2) is 12.5 Å². The highest BCUT2D eigenvalue weighted by molar-refractivity contribution is 5.91. The summed E-state index contributed by atoms with van der Waals surface area (Å²) in [5.41, 5.74) is 0.211. The second-order valence-corrected chi connectivity index (χ2v) is 3.68. The van der Waals surface area contributed by atoms with Gasteiger partial charge in [-0.1, -0.05) is 20.8 Å². The molecule has 3 nitrogen and oxygen atoms in total. The van der Waals surface area contributed by atoms with Gasteiger partial charge in [0.1, 0.15) is 0 Å². The lowest BCUT2D eigenvalue weighted by Crippen LogP contribution is -2.25. The standard InChI is InChI=1S/C8H14N2O/c1-8(2,3)4-5-10-7(11)6-9/h4-5H2,1-3H3,(H,10,11). The number of carbonyl (C=O) groups excluding carboxylic acids is 1. The monoisotopic (exact) mass is 154 g/mol. The lowest BCUT2D eigenvalue weighted by molar-refractivity contribution is -0.115. The van der Waals surface area contributed by atoms with Gasteiger partial charge >= 0.3 is 5.91 Å². The quantitative estimate of drug-likeness (QED) is 0.605. The van der Waals surface area contributed by atoms with Crippen LogP contribution < -0.4 is 5.32 Å². The van der Waals surface area contributed by atoms with Crippen LogP contribution in [0.5, 0.6) is 0 Å². The maximum atomic E-state index is 10.4. The van der Waals surface area contributed by atoms with E-state index in [0.29, 0.717) is 6.54 Å². The first kappa shape index (κ1) is 9.96. The van der Waals surface area contributed by atoms with Crippen molar-refractivity contribution in [2.24, 2.45) is 5.41 Å². The zero-order valence-electron chi connectivity index (χ0n) is 7.27. The van der Waals surface area contributed by atoms with Crippen LogP contribution in [0.1, 0.15) is 27.2 Å².